The van der Waals surface area contributed by atoms with Gasteiger partial charge in [-0.05, 0) is 13.8 Å². The molecule has 0 aromatic heterocycles. The molecule has 0 aliphatic carbocycles. The molecule has 84 valence electrons. The molecule has 5 nitrogen and oxygen atoms in total. The Morgan fingerprint density at radius 1 is 1.33 bits per heavy atom. The highest BCUT2D eigenvalue weighted by Gasteiger charge is 2.56. The van der Waals surface area contributed by atoms with Crippen molar-refractivity contribution in [3.63, 3.8) is 0 Å². The lowest BCUT2D eigenvalue weighted by atomic mass is 10.1. The summed E-state index contributed by atoms with van der Waals surface area (Å²) in [5, 5.41) is 6.30. The summed E-state index contributed by atoms with van der Waals surface area (Å²) < 4.78 is 17.4. The first-order valence-electron chi connectivity index (χ1n) is 5.26. The van der Waals surface area contributed by atoms with Crippen LogP contribution < -0.4 is 10.6 Å². The van der Waals surface area contributed by atoms with E-state index >= 15 is 0 Å². The molecule has 15 heavy (non-hydrogen) atoms. The second-order valence-electron chi connectivity index (χ2n) is 4.66. The van der Waals surface area contributed by atoms with Crippen molar-refractivity contribution in [2.45, 2.75) is 44.2 Å². The van der Waals surface area contributed by atoms with Gasteiger partial charge in [-0.15, -0.1) is 0 Å². The van der Waals surface area contributed by atoms with Crippen molar-refractivity contribution in [1.82, 2.24) is 10.6 Å². The van der Waals surface area contributed by atoms with E-state index in [1.54, 1.807) is 0 Å². The molecule has 2 bridgehead atoms. The van der Waals surface area contributed by atoms with Gasteiger partial charge < -0.3 is 24.8 Å². The third-order valence-electron chi connectivity index (χ3n) is 2.98. The molecular weight excluding hydrogens is 196 g/mol. The topological polar surface area (TPSA) is 51.8 Å². The molecule has 3 fully saturated rings. The van der Waals surface area contributed by atoms with Gasteiger partial charge in [0.05, 0.1) is 5.82 Å². The lowest BCUT2D eigenvalue weighted by Crippen LogP contribution is -2.44. The van der Waals surface area contributed by atoms with Gasteiger partial charge in [0.15, 0.2) is 12.0 Å². The molecule has 0 amide bonds. The van der Waals surface area contributed by atoms with Crippen LogP contribution in [0.25, 0.3) is 0 Å². The van der Waals surface area contributed by atoms with E-state index in [4.69, 9.17) is 14.2 Å². The zero-order valence-electron chi connectivity index (χ0n) is 8.95. The highest BCUT2D eigenvalue weighted by atomic mass is 16.8. The van der Waals surface area contributed by atoms with Crippen LogP contribution in [-0.4, -0.2) is 36.9 Å². The van der Waals surface area contributed by atoms with Crippen molar-refractivity contribution in [2.24, 2.45) is 0 Å². The standard InChI is InChI=1S/C10H16N2O3/c1-5-11-4-6-7-8(9(12-5)13-6)15-10(2,3)14-7/h6-9,11-12H,1,4H2,2-3H3/t6-,7+,8?,9-/m1/s1. The monoisotopic (exact) mass is 212 g/mol. The van der Waals surface area contributed by atoms with Crippen LogP contribution in [0.2, 0.25) is 0 Å². The molecule has 0 radical (unpaired) electrons. The van der Waals surface area contributed by atoms with Gasteiger partial charge >= 0.3 is 0 Å². The van der Waals surface area contributed by atoms with Crippen LogP contribution in [0.1, 0.15) is 13.8 Å². The van der Waals surface area contributed by atoms with Crippen LogP contribution in [0.4, 0.5) is 0 Å². The minimum atomic E-state index is -0.511. The van der Waals surface area contributed by atoms with Crippen molar-refractivity contribution in [3.8, 4) is 0 Å². The molecular formula is C10H16N2O3. The number of fused-ring (bicyclic) bond motifs is 5. The first kappa shape index (κ1) is 9.45. The van der Waals surface area contributed by atoms with E-state index in [-0.39, 0.29) is 24.5 Å². The summed E-state index contributed by atoms with van der Waals surface area (Å²) in [6.07, 6.45) is -0.139. The van der Waals surface area contributed by atoms with Crippen molar-refractivity contribution in [2.75, 3.05) is 6.54 Å². The maximum Gasteiger partial charge on any atom is 0.164 e. The van der Waals surface area contributed by atoms with Crippen LogP contribution in [-0.2, 0) is 14.2 Å². The van der Waals surface area contributed by atoms with Crippen LogP contribution in [0, 0.1) is 0 Å². The fourth-order valence-electron chi connectivity index (χ4n) is 2.41. The van der Waals surface area contributed by atoms with E-state index in [0.29, 0.717) is 6.54 Å². The number of rotatable bonds is 0. The quantitative estimate of drug-likeness (QED) is 0.587. The first-order valence-corrected chi connectivity index (χ1v) is 5.26. The highest BCUT2D eigenvalue weighted by molar-refractivity contribution is 5.05. The molecule has 0 aromatic carbocycles. The minimum Gasteiger partial charge on any atom is -0.370 e. The highest BCUT2D eigenvalue weighted by Crippen LogP contribution is 2.38. The summed E-state index contributed by atoms with van der Waals surface area (Å²) in [5.41, 5.74) is 0. The van der Waals surface area contributed by atoms with Crippen molar-refractivity contribution < 1.29 is 14.2 Å². The molecule has 0 spiro atoms. The molecule has 3 aliphatic rings. The number of hydrogen-bond acceptors (Lipinski definition) is 5. The van der Waals surface area contributed by atoms with E-state index in [2.05, 4.69) is 17.2 Å². The Morgan fingerprint density at radius 2 is 2.07 bits per heavy atom. The summed E-state index contributed by atoms with van der Waals surface area (Å²) >= 11 is 0. The number of ether oxygens (including phenoxy) is 3. The number of nitrogens with one attached hydrogen (secondary N) is 2. The van der Waals surface area contributed by atoms with Gasteiger partial charge in [-0.2, -0.15) is 0 Å². The first-order chi connectivity index (χ1) is 7.05. The summed E-state index contributed by atoms with van der Waals surface area (Å²) in [6.45, 7) is 8.42. The predicted molar refractivity (Wildman–Crippen MR) is 52.8 cm³/mol. The van der Waals surface area contributed by atoms with Crippen LogP contribution in [0.15, 0.2) is 12.4 Å². The molecule has 4 atom stereocenters. The Kier molecular flexibility index (Phi) is 1.81. The fourth-order valence-corrected chi connectivity index (χ4v) is 2.41. The van der Waals surface area contributed by atoms with Crippen molar-refractivity contribution in [3.05, 3.63) is 12.4 Å². The molecule has 0 aromatic rings. The summed E-state index contributed by atoms with van der Waals surface area (Å²) in [4.78, 5) is 0. The predicted octanol–water partition coefficient (Wildman–Crippen LogP) is -0.105. The van der Waals surface area contributed by atoms with Gasteiger partial charge in [0.2, 0.25) is 0 Å². The SMILES string of the molecule is C=C1NC[C@H]2O[C@@H](N1)C1OC(C)(C)O[C@H]12. The lowest BCUT2D eigenvalue weighted by Gasteiger charge is -2.22. The Balaban J connectivity index is 1.85. The zero-order chi connectivity index (χ0) is 10.6. The molecule has 2 N–H and O–H groups in total. The molecule has 3 heterocycles. The number of hydrogen-bond donors (Lipinski definition) is 2. The Labute approximate surface area is 88.8 Å². The van der Waals surface area contributed by atoms with Crippen LogP contribution in [0.3, 0.4) is 0 Å². The average Bonchev–Trinajstić information content (AvgIpc) is 2.51. The molecule has 3 aliphatic heterocycles. The fraction of sp³-hybridized carbons (Fsp3) is 0.800. The molecule has 3 saturated heterocycles. The maximum atomic E-state index is 5.82. The van der Waals surface area contributed by atoms with E-state index in [1.165, 1.54) is 0 Å². The van der Waals surface area contributed by atoms with E-state index in [1.807, 2.05) is 13.8 Å². The lowest BCUT2D eigenvalue weighted by molar-refractivity contribution is -0.186. The Morgan fingerprint density at radius 3 is 2.87 bits per heavy atom. The van der Waals surface area contributed by atoms with Crippen molar-refractivity contribution >= 4 is 0 Å². The smallest absolute Gasteiger partial charge is 0.164 e. The normalized spacial score (nSPS) is 46.7. The third kappa shape index (κ3) is 1.42. The maximum absolute atomic E-state index is 5.82. The summed E-state index contributed by atoms with van der Waals surface area (Å²) in [5.74, 6) is 0.275. The molecule has 1 unspecified atom stereocenters. The summed E-state index contributed by atoms with van der Waals surface area (Å²) in [6, 6.07) is 0. The minimum absolute atomic E-state index is 0.0121. The van der Waals surface area contributed by atoms with Gasteiger partial charge in [0, 0.05) is 6.54 Å². The van der Waals surface area contributed by atoms with E-state index < -0.39 is 5.79 Å². The average molecular weight is 212 g/mol. The largest absolute Gasteiger partial charge is 0.370 e. The van der Waals surface area contributed by atoms with E-state index in [9.17, 15) is 0 Å². The second-order valence-corrected chi connectivity index (χ2v) is 4.66. The van der Waals surface area contributed by atoms with Crippen molar-refractivity contribution in [1.29, 1.82) is 0 Å². The van der Waals surface area contributed by atoms with Crippen LogP contribution in [0.5, 0.6) is 0 Å². The molecule has 0 saturated carbocycles. The van der Waals surface area contributed by atoms with Gasteiger partial charge in [-0.3, -0.25) is 0 Å². The molecule has 3 rings (SSSR count). The van der Waals surface area contributed by atoms with Gasteiger partial charge in [-0.25, -0.2) is 0 Å². The zero-order valence-corrected chi connectivity index (χ0v) is 8.95. The Hall–Kier alpha value is -0.780. The Bertz CT molecular complexity index is 305. The second kappa shape index (κ2) is 2.87. The third-order valence-corrected chi connectivity index (χ3v) is 2.98. The van der Waals surface area contributed by atoms with E-state index in [0.717, 1.165) is 5.82 Å². The summed E-state index contributed by atoms with van der Waals surface area (Å²) in [7, 11) is 0. The van der Waals surface area contributed by atoms with Gasteiger partial charge in [0.1, 0.15) is 18.3 Å². The van der Waals surface area contributed by atoms with Gasteiger partial charge in [-0.1, -0.05) is 6.58 Å². The van der Waals surface area contributed by atoms with Gasteiger partial charge in [0.25, 0.3) is 0 Å². The molecule has 5 heteroatoms. The van der Waals surface area contributed by atoms with Crippen LogP contribution >= 0.6 is 0 Å².